The molecule has 1 saturated heterocycles. The van der Waals surface area contributed by atoms with Crippen LogP contribution < -0.4 is 5.32 Å². The van der Waals surface area contributed by atoms with Crippen molar-refractivity contribution in [1.82, 2.24) is 5.32 Å². The zero-order valence-electron chi connectivity index (χ0n) is 8.85. The van der Waals surface area contributed by atoms with E-state index in [-0.39, 0.29) is 18.0 Å². The molecule has 4 heteroatoms. The molecule has 2 atom stereocenters. The number of hydrogen-bond acceptors (Lipinski definition) is 1. The van der Waals surface area contributed by atoms with Crippen molar-refractivity contribution in [2.75, 3.05) is 6.54 Å². The fourth-order valence-electron chi connectivity index (χ4n) is 2.07. The normalized spacial score (nSPS) is 22.3. The molecule has 1 heterocycles. The minimum absolute atomic E-state index is 0.0682. The third-order valence-electron chi connectivity index (χ3n) is 2.96. The highest BCUT2D eigenvalue weighted by atomic mass is 19.1. The first-order valence-electron chi connectivity index (χ1n) is 5.48. The third kappa shape index (κ3) is 2.55. The van der Waals surface area contributed by atoms with Crippen molar-refractivity contribution in [3.8, 4) is 0 Å². The monoisotopic (exact) mass is 229 g/mol. The van der Waals surface area contributed by atoms with Gasteiger partial charge in [0.15, 0.2) is 0 Å². The topological polar surface area (TPSA) is 12.0 Å². The van der Waals surface area contributed by atoms with E-state index in [2.05, 4.69) is 5.32 Å². The summed E-state index contributed by atoms with van der Waals surface area (Å²) in [6, 6.07) is 2.93. The second kappa shape index (κ2) is 4.87. The van der Waals surface area contributed by atoms with Gasteiger partial charge in [-0.15, -0.1) is 0 Å². The Balaban J connectivity index is 2.04. The minimum Gasteiger partial charge on any atom is -0.311 e. The van der Waals surface area contributed by atoms with Crippen molar-refractivity contribution in [3.05, 3.63) is 35.4 Å². The standard InChI is InChI=1S/C12H14F3N/c13-9-3-4-10(14)8(6-9)7-11(15)12-2-1-5-16-12/h3-4,6,11-12,16H,1-2,5,7H2. The Morgan fingerprint density at radius 2 is 2.19 bits per heavy atom. The van der Waals surface area contributed by atoms with Gasteiger partial charge in [0.05, 0.1) is 0 Å². The van der Waals surface area contributed by atoms with Gasteiger partial charge in [0.2, 0.25) is 0 Å². The highest BCUT2D eigenvalue weighted by Gasteiger charge is 2.25. The molecule has 1 aliphatic heterocycles. The minimum atomic E-state index is -1.15. The first-order valence-corrected chi connectivity index (χ1v) is 5.48. The van der Waals surface area contributed by atoms with Crippen LogP contribution >= 0.6 is 0 Å². The molecule has 1 aromatic rings. The lowest BCUT2D eigenvalue weighted by atomic mass is 10.0. The maximum atomic E-state index is 13.8. The molecule has 0 spiro atoms. The smallest absolute Gasteiger partial charge is 0.126 e. The van der Waals surface area contributed by atoms with Gasteiger partial charge >= 0.3 is 0 Å². The van der Waals surface area contributed by atoms with Gasteiger partial charge in [-0.05, 0) is 43.1 Å². The second-order valence-corrected chi connectivity index (χ2v) is 4.16. The first-order chi connectivity index (χ1) is 7.66. The van der Waals surface area contributed by atoms with Crippen LogP contribution in [0.4, 0.5) is 13.2 Å². The van der Waals surface area contributed by atoms with Crippen molar-refractivity contribution in [2.45, 2.75) is 31.5 Å². The summed E-state index contributed by atoms with van der Waals surface area (Å²) in [5.74, 6) is -1.06. The summed E-state index contributed by atoms with van der Waals surface area (Å²) in [5.41, 5.74) is 0.112. The molecule has 1 fully saturated rings. The molecular weight excluding hydrogens is 215 g/mol. The van der Waals surface area contributed by atoms with Crippen LogP contribution in [0.5, 0.6) is 0 Å². The van der Waals surface area contributed by atoms with Gasteiger partial charge in [-0.25, -0.2) is 13.2 Å². The maximum absolute atomic E-state index is 13.8. The molecule has 0 aliphatic carbocycles. The van der Waals surface area contributed by atoms with Crippen LogP contribution in [-0.4, -0.2) is 18.8 Å². The molecule has 1 aliphatic rings. The molecule has 2 rings (SSSR count). The fourth-order valence-corrected chi connectivity index (χ4v) is 2.07. The Bertz CT molecular complexity index is 361. The van der Waals surface area contributed by atoms with E-state index >= 15 is 0 Å². The predicted molar refractivity (Wildman–Crippen MR) is 56.0 cm³/mol. The predicted octanol–water partition coefficient (Wildman–Crippen LogP) is 2.60. The molecule has 1 nitrogen and oxygen atoms in total. The summed E-state index contributed by atoms with van der Waals surface area (Å²) in [7, 11) is 0. The van der Waals surface area contributed by atoms with Crippen molar-refractivity contribution < 1.29 is 13.2 Å². The molecular formula is C12H14F3N. The van der Waals surface area contributed by atoms with E-state index in [9.17, 15) is 13.2 Å². The molecule has 0 radical (unpaired) electrons. The Hall–Kier alpha value is -1.03. The lowest BCUT2D eigenvalue weighted by Crippen LogP contribution is -2.33. The Labute approximate surface area is 92.7 Å². The van der Waals surface area contributed by atoms with Crippen molar-refractivity contribution >= 4 is 0 Å². The number of benzene rings is 1. The summed E-state index contributed by atoms with van der Waals surface area (Å²) in [6.45, 7) is 0.802. The van der Waals surface area contributed by atoms with Crippen LogP contribution in [0.3, 0.4) is 0 Å². The van der Waals surface area contributed by atoms with Crippen molar-refractivity contribution in [1.29, 1.82) is 0 Å². The fraction of sp³-hybridized carbons (Fsp3) is 0.500. The first kappa shape index (κ1) is 11.5. The molecule has 1 N–H and O–H groups in total. The van der Waals surface area contributed by atoms with Gasteiger partial charge < -0.3 is 5.32 Å². The van der Waals surface area contributed by atoms with E-state index in [1.807, 2.05) is 0 Å². The van der Waals surface area contributed by atoms with Gasteiger partial charge in [-0.3, -0.25) is 0 Å². The summed E-state index contributed by atoms with van der Waals surface area (Å²) in [4.78, 5) is 0. The Morgan fingerprint density at radius 1 is 1.38 bits per heavy atom. The third-order valence-corrected chi connectivity index (χ3v) is 2.96. The summed E-state index contributed by atoms with van der Waals surface area (Å²) in [6.07, 6.45) is 0.481. The van der Waals surface area contributed by atoms with E-state index in [0.717, 1.165) is 37.6 Å². The van der Waals surface area contributed by atoms with Gasteiger partial charge in [-0.1, -0.05) is 0 Å². The number of alkyl halides is 1. The lowest BCUT2D eigenvalue weighted by Gasteiger charge is -2.16. The van der Waals surface area contributed by atoms with Crippen molar-refractivity contribution in [2.24, 2.45) is 0 Å². The van der Waals surface area contributed by atoms with E-state index in [0.29, 0.717) is 0 Å². The molecule has 0 saturated carbocycles. The average molecular weight is 229 g/mol. The molecule has 2 unspecified atom stereocenters. The van der Waals surface area contributed by atoms with Gasteiger partial charge in [0.25, 0.3) is 0 Å². The van der Waals surface area contributed by atoms with Gasteiger partial charge in [0, 0.05) is 12.5 Å². The van der Waals surface area contributed by atoms with E-state index in [4.69, 9.17) is 0 Å². The van der Waals surface area contributed by atoms with Crippen molar-refractivity contribution in [3.63, 3.8) is 0 Å². The molecule has 0 aromatic heterocycles. The number of nitrogens with one attached hydrogen (secondary N) is 1. The SMILES string of the molecule is Fc1ccc(F)c(CC(F)C2CCCN2)c1. The highest BCUT2D eigenvalue weighted by molar-refractivity contribution is 5.20. The van der Waals surface area contributed by atoms with Crippen LogP contribution in [0, 0.1) is 11.6 Å². The Morgan fingerprint density at radius 3 is 2.88 bits per heavy atom. The highest BCUT2D eigenvalue weighted by Crippen LogP contribution is 2.19. The average Bonchev–Trinajstić information content (AvgIpc) is 2.76. The van der Waals surface area contributed by atoms with Gasteiger partial charge in [-0.2, -0.15) is 0 Å². The molecule has 16 heavy (non-hydrogen) atoms. The van der Waals surface area contributed by atoms with E-state index < -0.39 is 17.8 Å². The van der Waals surface area contributed by atoms with Crippen LogP contribution in [0.2, 0.25) is 0 Å². The summed E-state index contributed by atoms with van der Waals surface area (Å²) >= 11 is 0. The van der Waals surface area contributed by atoms with E-state index in [1.54, 1.807) is 0 Å². The number of halogens is 3. The zero-order valence-corrected chi connectivity index (χ0v) is 8.85. The number of hydrogen-bond donors (Lipinski definition) is 1. The number of rotatable bonds is 3. The molecule has 0 amide bonds. The van der Waals surface area contributed by atoms with Crippen LogP contribution in [0.1, 0.15) is 18.4 Å². The second-order valence-electron chi connectivity index (χ2n) is 4.16. The van der Waals surface area contributed by atoms with Gasteiger partial charge in [0.1, 0.15) is 17.8 Å². The largest absolute Gasteiger partial charge is 0.311 e. The van der Waals surface area contributed by atoms with Crippen LogP contribution in [-0.2, 0) is 6.42 Å². The molecule has 88 valence electrons. The summed E-state index contributed by atoms with van der Waals surface area (Å²) in [5, 5.41) is 3.02. The molecule has 0 bridgehead atoms. The quantitative estimate of drug-likeness (QED) is 0.840. The van der Waals surface area contributed by atoms with Crippen LogP contribution in [0.15, 0.2) is 18.2 Å². The zero-order chi connectivity index (χ0) is 11.5. The summed E-state index contributed by atoms with van der Waals surface area (Å²) < 4.78 is 39.9. The van der Waals surface area contributed by atoms with E-state index in [1.165, 1.54) is 0 Å². The lowest BCUT2D eigenvalue weighted by molar-refractivity contribution is 0.261. The maximum Gasteiger partial charge on any atom is 0.126 e. The Kier molecular flexibility index (Phi) is 3.49. The van der Waals surface area contributed by atoms with Crippen LogP contribution in [0.25, 0.3) is 0 Å². The molecule has 1 aromatic carbocycles.